The van der Waals surface area contributed by atoms with Crippen LogP contribution in [0.15, 0.2) is 53.5 Å². The molecule has 144 valence electrons. The SMILES string of the molecule is O=C(CN1C(=O)C(c2ccc(F)cc2)=NC12CCCC2)Nc1ccc(Cl)cc1. The highest BCUT2D eigenvalue weighted by Gasteiger charge is 2.49. The fourth-order valence-electron chi connectivity index (χ4n) is 3.85. The maximum Gasteiger partial charge on any atom is 0.275 e. The van der Waals surface area contributed by atoms with E-state index in [0.717, 1.165) is 25.7 Å². The number of hydrogen-bond acceptors (Lipinski definition) is 3. The van der Waals surface area contributed by atoms with Crippen LogP contribution in [0.1, 0.15) is 31.2 Å². The van der Waals surface area contributed by atoms with E-state index in [-0.39, 0.29) is 24.2 Å². The summed E-state index contributed by atoms with van der Waals surface area (Å²) in [5.41, 5.74) is 0.790. The summed E-state index contributed by atoms with van der Waals surface area (Å²) in [6, 6.07) is 12.5. The summed E-state index contributed by atoms with van der Waals surface area (Å²) in [6.07, 6.45) is 3.33. The van der Waals surface area contributed by atoms with Crippen molar-refractivity contribution in [2.45, 2.75) is 31.3 Å². The van der Waals surface area contributed by atoms with Crippen LogP contribution in [0.2, 0.25) is 5.02 Å². The van der Waals surface area contributed by atoms with Gasteiger partial charge in [0.15, 0.2) is 0 Å². The van der Waals surface area contributed by atoms with Crippen LogP contribution in [-0.2, 0) is 9.59 Å². The Labute approximate surface area is 167 Å². The summed E-state index contributed by atoms with van der Waals surface area (Å²) in [5.74, 6) is -0.957. The molecule has 28 heavy (non-hydrogen) atoms. The maximum atomic E-state index is 13.2. The molecule has 2 aromatic carbocycles. The first-order valence-electron chi connectivity index (χ1n) is 9.20. The lowest BCUT2D eigenvalue weighted by atomic mass is 10.1. The van der Waals surface area contributed by atoms with Gasteiger partial charge in [0.2, 0.25) is 5.91 Å². The zero-order chi connectivity index (χ0) is 19.7. The predicted octanol–water partition coefficient (Wildman–Crippen LogP) is 4.02. The molecule has 1 aliphatic heterocycles. The number of amides is 2. The number of benzene rings is 2. The van der Waals surface area contributed by atoms with Gasteiger partial charge in [-0.25, -0.2) is 4.39 Å². The average molecular weight is 400 g/mol. The minimum atomic E-state index is -0.682. The Hall–Kier alpha value is -2.73. The molecule has 4 rings (SSSR count). The van der Waals surface area contributed by atoms with E-state index < -0.39 is 5.66 Å². The molecule has 0 bridgehead atoms. The number of rotatable bonds is 4. The second-order valence-corrected chi connectivity index (χ2v) is 7.54. The molecule has 1 aliphatic carbocycles. The highest BCUT2D eigenvalue weighted by Crippen LogP contribution is 2.41. The van der Waals surface area contributed by atoms with Crippen LogP contribution in [0.25, 0.3) is 0 Å². The third-order valence-electron chi connectivity index (χ3n) is 5.22. The monoisotopic (exact) mass is 399 g/mol. The van der Waals surface area contributed by atoms with Gasteiger partial charge in [0.1, 0.15) is 23.7 Å². The van der Waals surface area contributed by atoms with Gasteiger partial charge < -0.3 is 10.2 Å². The minimum absolute atomic E-state index is 0.0876. The van der Waals surface area contributed by atoms with Crippen molar-refractivity contribution in [1.29, 1.82) is 0 Å². The molecule has 0 radical (unpaired) electrons. The first-order chi connectivity index (χ1) is 13.5. The maximum absolute atomic E-state index is 13.2. The molecular formula is C21H19ClFN3O2. The van der Waals surface area contributed by atoms with Crippen LogP contribution in [0, 0.1) is 5.82 Å². The molecule has 0 unspecified atom stereocenters. The molecule has 1 fully saturated rings. The van der Waals surface area contributed by atoms with Crippen molar-refractivity contribution in [3.63, 3.8) is 0 Å². The number of nitrogens with one attached hydrogen (secondary N) is 1. The van der Waals surface area contributed by atoms with Crippen molar-refractivity contribution >= 4 is 34.8 Å². The lowest BCUT2D eigenvalue weighted by Gasteiger charge is -2.32. The third kappa shape index (κ3) is 3.52. The summed E-state index contributed by atoms with van der Waals surface area (Å²) in [7, 11) is 0. The van der Waals surface area contributed by atoms with E-state index in [9.17, 15) is 14.0 Å². The van der Waals surface area contributed by atoms with E-state index in [4.69, 9.17) is 16.6 Å². The van der Waals surface area contributed by atoms with Crippen molar-refractivity contribution in [2.75, 3.05) is 11.9 Å². The molecule has 1 spiro atoms. The minimum Gasteiger partial charge on any atom is -0.325 e. The number of nitrogens with zero attached hydrogens (tertiary/aromatic N) is 2. The largest absolute Gasteiger partial charge is 0.325 e. The molecule has 2 aliphatic rings. The zero-order valence-corrected chi connectivity index (χ0v) is 15.9. The van der Waals surface area contributed by atoms with Crippen molar-refractivity contribution in [3.8, 4) is 0 Å². The molecule has 1 N–H and O–H groups in total. The van der Waals surface area contributed by atoms with Gasteiger partial charge >= 0.3 is 0 Å². The first-order valence-corrected chi connectivity index (χ1v) is 9.58. The first kappa shape index (κ1) is 18.6. The quantitative estimate of drug-likeness (QED) is 0.844. The zero-order valence-electron chi connectivity index (χ0n) is 15.1. The number of anilines is 1. The van der Waals surface area contributed by atoms with Crippen molar-refractivity contribution in [2.24, 2.45) is 4.99 Å². The number of aliphatic imine (C=N–C) groups is 1. The molecule has 7 heteroatoms. The highest BCUT2D eigenvalue weighted by atomic mass is 35.5. The Morgan fingerprint density at radius 3 is 2.39 bits per heavy atom. The van der Waals surface area contributed by atoms with E-state index in [1.54, 1.807) is 41.3 Å². The van der Waals surface area contributed by atoms with Crippen LogP contribution in [0.5, 0.6) is 0 Å². The molecule has 1 saturated carbocycles. The predicted molar refractivity (Wildman–Crippen MR) is 106 cm³/mol. The second kappa shape index (κ2) is 7.36. The van der Waals surface area contributed by atoms with E-state index >= 15 is 0 Å². The van der Waals surface area contributed by atoms with Crippen molar-refractivity contribution in [3.05, 3.63) is 64.9 Å². The molecule has 0 saturated heterocycles. The fourth-order valence-corrected chi connectivity index (χ4v) is 3.97. The number of carbonyl (C=O) groups excluding carboxylic acids is 2. The van der Waals surface area contributed by atoms with Gasteiger partial charge in [0.25, 0.3) is 5.91 Å². The Bertz CT molecular complexity index is 935. The molecule has 2 aromatic rings. The fraction of sp³-hybridized carbons (Fsp3) is 0.286. The van der Waals surface area contributed by atoms with Crippen LogP contribution in [0.3, 0.4) is 0 Å². The van der Waals surface area contributed by atoms with Gasteiger partial charge in [0.05, 0.1) is 0 Å². The lowest BCUT2D eigenvalue weighted by Crippen LogP contribution is -2.48. The Balaban J connectivity index is 1.56. The van der Waals surface area contributed by atoms with Gasteiger partial charge in [-0.3, -0.25) is 14.6 Å². The van der Waals surface area contributed by atoms with Crippen LogP contribution >= 0.6 is 11.6 Å². The molecule has 5 nitrogen and oxygen atoms in total. The topological polar surface area (TPSA) is 61.8 Å². The van der Waals surface area contributed by atoms with Gasteiger partial charge in [-0.2, -0.15) is 0 Å². The molecular weight excluding hydrogens is 381 g/mol. The standard InChI is InChI=1S/C21H19ClFN3O2/c22-15-5-9-17(10-6-15)24-18(27)13-26-20(28)19(14-3-7-16(23)8-4-14)25-21(26)11-1-2-12-21/h3-10H,1-2,11-13H2,(H,24,27). The lowest BCUT2D eigenvalue weighted by molar-refractivity contribution is -0.132. The number of hydrogen-bond donors (Lipinski definition) is 1. The summed E-state index contributed by atoms with van der Waals surface area (Å²) in [4.78, 5) is 32.0. The van der Waals surface area contributed by atoms with Crippen LogP contribution in [-0.4, -0.2) is 34.6 Å². The van der Waals surface area contributed by atoms with E-state index in [2.05, 4.69) is 5.32 Å². The number of carbonyl (C=O) groups is 2. The van der Waals surface area contributed by atoms with Crippen molar-refractivity contribution < 1.29 is 14.0 Å². The van der Waals surface area contributed by atoms with E-state index in [1.807, 2.05) is 0 Å². The normalized spacial score (nSPS) is 17.9. The summed E-state index contributed by atoms with van der Waals surface area (Å²) in [6.45, 7) is -0.0876. The van der Waals surface area contributed by atoms with Gasteiger partial charge in [-0.15, -0.1) is 0 Å². The van der Waals surface area contributed by atoms with E-state index in [1.165, 1.54) is 12.1 Å². The second-order valence-electron chi connectivity index (χ2n) is 7.10. The number of halogens is 2. The smallest absolute Gasteiger partial charge is 0.275 e. The van der Waals surface area contributed by atoms with E-state index in [0.29, 0.717) is 22.0 Å². The molecule has 0 aromatic heterocycles. The molecule has 1 heterocycles. The van der Waals surface area contributed by atoms with Crippen molar-refractivity contribution in [1.82, 2.24) is 4.90 Å². The summed E-state index contributed by atoms with van der Waals surface area (Å²) < 4.78 is 13.2. The van der Waals surface area contributed by atoms with Gasteiger partial charge in [-0.05, 0) is 74.2 Å². The average Bonchev–Trinajstić information content (AvgIpc) is 3.25. The molecule has 2 amide bonds. The highest BCUT2D eigenvalue weighted by molar-refractivity contribution is 6.47. The van der Waals surface area contributed by atoms with Gasteiger partial charge in [0, 0.05) is 16.3 Å². The van der Waals surface area contributed by atoms with Crippen LogP contribution in [0.4, 0.5) is 10.1 Å². The Morgan fingerprint density at radius 2 is 1.75 bits per heavy atom. The van der Waals surface area contributed by atoms with Crippen LogP contribution < -0.4 is 5.32 Å². The summed E-state index contributed by atoms with van der Waals surface area (Å²) in [5, 5.41) is 3.37. The Morgan fingerprint density at radius 1 is 1.11 bits per heavy atom. The Kier molecular flexibility index (Phi) is 4.89. The van der Waals surface area contributed by atoms with Gasteiger partial charge in [-0.1, -0.05) is 11.6 Å². The third-order valence-corrected chi connectivity index (χ3v) is 5.47. The summed E-state index contributed by atoms with van der Waals surface area (Å²) >= 11 is 5.87. The molecule has 0 atom stereocenters.